The van der Waals surface area contributed by atoms with E-state index in [1.165, 1.54) is 103 Å². The fourth-order valence-electron chi connectivity index (χ4n) is 4.53. The van der Waals surface area contributed by atoms with Crippen LogP contribution < -0.4 is 0 Å². The second kappa shape index (κ2) is 20.4. The van der Waals surface area contributed by atoms with Crippen LogP contribution in [-0.2, 0) is 6.42 Å². The van der Waals surface area contributed by atoms with Gasteiger partial charge in [0.1, 0.15) is 6.17 Å². The largest absolute Gasteiger partial charge is 0.395 e. The van der Waals surface area contributed by atoms with Gasteiger partial charge in [0.2, 0.25) is 0 Å². The van der Waals surface area contributed by atoms with Crippen molar-refractivity contribution in [3.05, 3.63) is 11.9 Å². The zero-order valence-corrected chi connectivity index (χ0v) is 22.1. The Morgan fingerprint density at radius 1 is 0.818 bits per heavy atom. The predicted octanol–water partition coefficient (Wildman–Crippen LogP) is 6.28. The molecule has 0 fully saturated rings. The lowest BCUT2D eigenvalue weighted by molar-refractivity contribution is 0.0575. The molecule has 1 aromatic heterocycles. The molecule has 0 amide bonds. The summed E-state index contributed by atoms with van der Waals surface area (Å²) in [6.07, 6.45) is 24.7. The molecule has 0 aliphatic rings. The first kappa shape index (κ1) is 30.1. The van der Waals surface area contributed by atoms with E-state index in [2.05, 4.69) is 17.2 Å². The number of unbranched alkanes of at least 4 members (excludes halogenated alkanes) is 15. The predicted molar refractivity (Wildman–Crippen MR) is 138 cm³/mol. The van der Waals surface area contributed by atoms with E-state index >= 15 is 0 Å². The van der Waals surface area contributed by atoms with Crippen LogP contribution >= 0.6 is 0 Å². The van der Waals surface area contributed by atoms with Gasteiger partial charge in [-0.2, -0.15) is 0 Å². The third-order valence-electron chi connectivity index (χ3n) is 6.64. The maximum atomic E-state index is 9.69. The molecule has 0 spiro atoms. The van der Waals surface area contributed by atoms with Gasteiger partial charge in [-0.3, -0.25) is 4.90 Å². The van der Waals surface area contributed by atoms with Gasteiger partial charge in [0.15, 0.2) is 0 Å². The second-order valence-corrected chi connectivity index (χ2v) is 9.94. The summed E-state index contributed by atoms with van der Waals surface area (Å²) < 4.78 is 1.85. The number of nitrogens with zero attached hydrogens (tertiary/aromatic N) is 4. The monoisotopic (exact) mass is 466 g/mol. The average Bonchev–Trinajstić information content (AvgIpc) is 3.26. The van der Waals surface area contributed by atoms with Crippen LogP contribution in [0.15, 0.2) is 6.20 Å². The molecule has 2 N–H and O–H groups in total. The van der Waals surface area contributed by atoms with Crippen molar-refractivity contribution in [2.24, 2.45) is 0 Å². The smallest absolute Gasteiger partial charge is 0.103 e. The van der Waals surface area contributed by atoms with Crippen molar-refractivity contribution in [1.29, 1.82) is 0 Å². The highest BCUT2D eigenvalue weighted by Gasteiger charge is 2.18. The topological polar surface area (TPSA) is 74.4 Å². The summed E-state index contributed by atoms with van der Waals surface area (Å²) in [6, 6.07) is 0. The maximum Gasteiger partial charge on any atom is 0.103 e. The van der Waals surface area contributed by atoms with Crippen LogP contribution in [-0.4, -0.2) is 55.9 Å². The highest BCUT2D eigenvalue weighted by Crippen LogP contribution is 2.15. The van der Waals surface area contributed by atoms with Crippen molar-refractivity contribution in [1.82, 2.24) is 19.9 Å². The van der Waals surface area contributed by atoms with Gasteiger partial charge < -0.3 is 10.2 Å². The molecule has 2 unspecified atom stereocenters. The molecule has 1 aromatic rings. The minimum Gasteiger partial charge on any atom is -0.395 e. The Hall–Kier alpha value is -0.980. The molecular weight excluding hydrogens is 412 g/mol. The summed E-state index contributed by atoms with van der Waals surface area (Å²) in [7, 11) is 0. The van der Waals surface area contributed by atoms with E-state index in [0.717, 1.165) is 12.1 Å². The van der Waals surface area contributed by atoms with E-state index in [-0.39, 0.29) is 12.8 Å². The number of hydrogen-bond acceptors (Lipinski definition) is 5. The minimum absolute atomic E-state index is 0.0289. The summed E-state index contributed by atoms with van der Waals surface area (Å²) in [4.78, 5) is 2.03. The van der Waals surface area contributed by atoms with E-state index in [0.29, 0.717) is 13.1 Å². The van der Waals surface area contributed by atoms with Crippen LogP contribution in [0.2, 0.25) is 0 Å². The van der Waals surface area contributed by atoms with E-state index in [4.69, 9.17) is 0 Å². The minimum atomic E-state index is -0.438. The Balaban J connectivity index is 2.00. The summed E-state index contributed by atoms with van der Waals surface area (Å²) in [5.41, 5.74) is 1.04. The van der Waals surface area contributed by atoms with Crippen LogP contribution in [0.4, 0.5) is 0 Å². The lowest BCUT2D eigenvalue weighted by Crippen LogP contribution is -2.38. The van der Waals surface area contributed by atoms with Gasteiger partial charge in [-0.25, -0.2) is 4.68 Å². The molecule has 0 saturated carbocycles. The number of rotatable bonds is 23. The molecule has 0 aliphatic heterocycles. The van der Waals surface area contributed by atoms with E-state index in [9.17, 15) is 10.2 Å². The van der Waals surface area contributed by atoms with Gasteiger partial charge in [0, 0.05) is 13.1 Å². The third kappa shape index (κ3) is 15.5. The SMILES string of the molecule is CCCCCCCCCCCCCCCCCCc1cn(C(C)N(CCO)CC(C)O)nn1. The summed E-state index contributed by atoms with van der Waals surface area (Å²) in [6.45, 7) is 7.17. The molecule has 33 heavy (non-hydrogen) atoms. The summed E-state index contributed by atoms with van der Waals surface area (Å²) in [5.74, 6) is 0. The molecule has 0 saturated heterocycles. The molecule has 6 heteroatoms. The second-order valence-electron chi connectivity index (χ2n) is 9.94. The fraction of sp³-hybridized carbons (Fsp3) is 0.926. The van der Waals surface area contributed by atoms with Crippen LogP contribution in [0, 0.1) is 0 Å². The Bertz CT molecular complexity index is 550. The fourth-order valence-corrected chi connectivity index (χ4v) is 4.53. The molecule has 0 radical (unpaired) electrons. The van der Waals surface area contributed by atoms with Gasteiger partial charge in [-0.15, -0.1) is 5.10 Å². The lowest BCUT2D eigenvalue weighted by atomic mass is 10.0. The molecular formula is C27H54N4O2. The molecule has 0 aliphatic carbocycles. The van der Waals surface area contributed by atoms with Crippen LogP contribution in [0.5, 0.6) is 0 Å². The average molecular weight is 467 g/mol. The van der Waals surface area contributed by atoms with Crippen molar-refractivity contribution in [2.75, 3.05) is 19.7 Å². The summed E-state index contributed by atoms with van der Waals surface area (Å²) >= 11 is 0. The zero-order chi connectivity index (χ0) is 24.2. The molecule has 2 atom stereocenters. The third-order valence-corrected chi connectivity index (χ3v) is 6.64. The highest BCUT2D eigenvalue weighted by atomic mass is 16.3. The van der Waals surface area contributed by atoms with Crippen molar-refractivity contribution in [3.8, 4) is 0 Å². The van der Waals surface area contributed by atoms with Crippen molar-refractivity contribution in [3.63, 3.8) is 0 Å². The Morgan fingerprint density at radius 3 is 1.76 bits per heavy atom. The zero-order valence-electron chi connectivity index (χ0n) is 22.1. The van der Waals surface area contributed by atoms with Gasteiger partial charge in [0.25, 0.3) is 0 Å². The quantitative estimate of drug-likeness (QED) is 0.186. The molecule has 1 rings (SSSR count). The van der Waals surface area contributed by atoms with Crippen molar-refractivity contribution in [2.45, 2.75) is 142 Å². The number of aliphatic hydroxyl groups is 2. The number of aryl methyl sites for hydroxylation is 1. The number of aliphatic hydroxyl groups excluding tert-OH is 2. The van der Waals surface area contributed by atoms with Gasteiger partial charge in [-0.1, -0.05) is 108 Å². The van der Waals surface area contributed by atoms with Gasteiger partial charge >= 0.3 is 0 Å². The molecule has 0 aromatic carbocycles. The Morgan fingerprint density at radius 2 is 1.30 bits per heavy atom. The van der Waals surface area contributed by atoms with E-state index < -0.39 is 6.10 Å². The number of aromatic nitrogens is 3. The van der Waals surface area contributed by atoms with Crippen molar-refractivity contribution >= 4 is 0 Å². The normalized spacial score (nSPS) is 13.6. The molecule has 1 heterocycles. The van der Waals surface area contributed by atoms with E-state index in [1.807, 2.05) is 22.7 Å². The van der Waals surface area contributed by atoms with Crippen LogP contribution in [0.3, 0.4) is 0 Å². The maximum absolute atomic E-state index is 9.69. The van der Waals surface area contributed by atoms with Gasteiger partial charge in [-0.05, 0) is 26.7 Å². The lowest BCUT2D eigenvalue weighted by Gasteiger charge is -2.29. The van der Waals surface area contributed by atoms with Gasteiger partial charge in [0.05, 0.1) is 24.6 Å². The van der Waals surface area contributed by atoms with E-state index in [1.54, 1.807) is 6.92 Å². The first-order chi connectivity index (χ1) is 16.1. The first-order valence-electron chi connectivity index (χ1n) is 14.0. The van der Waals surface area contributed by atoms with Crippen molar-refractivity contribution < 1.29 is 10.2 Å². The Labute approximate surface area is 204 Å². The van der Waals surface area contributed by atoms with Crippen LogP contribution in [0.25, 0.3) is 0 Å². The first-order valence-corrected chi connectivity index (χ1v) is 14.0. The van der Waals surface area contributed by atoms with Crippen LogP contribution in [0.1, 0.15) is 135 Å². The number of hydrogen-bond donors (Lipinski definition) is 2. The molecule has 6 nitrogen and oxygen atoms in total. The summed E-state index contributed by atoms with van der Waals surface area (Å²) in [5, 5.41) is 27.6. The highest BCUT2D eigenvalue weighted by molar-refractivity contribution is 4.93. The standard InChI is InChI=1S/C27H54N4O2/c1-4-5-6-7-8-9-10-11-12-13-14-15-16-17-18-19-20-27-24-31(29-28-27)26(3)30(21-22-32)23-25(2)33/h24-26,32-33H,4-23H2,1-3H3. The molecule has 0 bridgehead atoms. The molecule has 194 valence electrons. The Kier molecular flexibility index (Phi) is 18.6.